The SMILES string of the molecule is C=C(C)CN1C(=O)COc2cc(NC(=O)C3CC3)ccc21. The third-order valence-electron chi connectivity index (χ3n) is 3.55. The van der Waals surface area contributed by atoms with Crippen molar-refractivity contribution in [1.82, 2.24) is 0 Å². The van der Waals surface area contributed by atoms with Gasteiger partial charge in [0.25, 0.3) is 5.91 Å². The number of fused-ring (bicyclic) bond motifs is 1. The molecular formula is C16H18N2O3. The second kappa shape index (κ2) is 5.24. The van der Waals surface area contributed by atoms with Gasteiger partial charge in [-0.15, -0.1) is 0 Å². The fraction of sp³-hybridized carbons (Fsp3) is 0.375. The molecule has 3 rings (SSSR count). The number of amides is 2. The van der Waals surface area contributed by atoms with Gasteiger partial charge in [0.15, 0.2) is 6.61 Å². The Morgan fingerprint density at radius 1 is 1.48 bits per heavy atom. The topological polar surface area (TPSA) is 58.6 Å². The quantitative estimate of drug-likeness (QED) is 0.864. The third kappa shape index (κ3) is 2.91. The molecule has 5 heteroatoms. The fourth-order valence-corrected chi connectivity index (χ4v) is 2.32. The van der Waals surface area contributed by atoms with Crippen LogP contribution in [0.1, 0.15) is 19.8 Å². The molecule has 1 aromatic rings. The van der Waals surface area contributed by atoms with Gasteiger partial charge in [0, 0.05) is 24.2 Å². The summed E-state index contributed by atoms with van der Waals surface area (Å²) in [5.74, 6) is 0.744. The summed E-state index contributed by atoms with van der Waals surface area (Å²) < 4.78 is 5.47. The van der Waals surface area contributed by atoms with Crippen LogP contribution in [0, 0.1) is 5.92 Å². The van der Waals surface area contributed by atoms with Gasteiger partial charge in [-0.2, -0.15) is 0 Å². The van der Waals surface area contributed by atoms with Crippen molar-refractivity contribution < 1.29 is 14.3 Å². The van der Waals surface area contributed by atoms with E-state index in [0.29, 0.717) is 18.0 Å². The molecule has 1 saturated carbocycles. The van der Waals surface area contributed by atoms with Gasteiger partial charge in [-0.05, 0) is 31.9 Å². The summed E-state index contributed by atoms with van der Waals surface area (Å²) >= 11 is 0. The Morgan fingerprint density at radius 3 is 2.90 bits per heavy atom. The van der Waals surface area contributed by atoms with E-state index in [9.17, 15) is 9.59 Å². The lowest BCUT2D eigenvalue weighted by molar-refractivity contribution is -0.121. The highest BCUT2D eigenvalue weighted by Crippen LogP contribution is 2.36. The highest BCUT2D eigenvalue weighted by molar-refractivity contribution is 5.99. The Hall–Kier alpha value is -2.30. The number of benzene rings is 1. The number of hydrogen-bond acceptors (Lipinski definition) is 3. The van der Waals surface area contributed by atoms with E-state index in [0.717, 1.165) is 24.1 Å². The second-order valence-electron chi connectivity index (χ2n) is 5.67. The number of anilines is 2. The van der Waals surface area contributed by atoms with Crippen molar-refractivity contribution in [3.8, 4) is 5.75 Å². The molecule has 0 spiro atoms. The minimum Gasteiger partial charge on any atom is -0.481 e. The second-order valence-corrected chi connectivity index (χ2v) is 5.67. The first-order valence-corrected chi connectivity index (χ1v) is 7.07. The fourth-order valence-electron chi connectivity index (χ4n) is 2.32. The van der Waals surface area contributed by atoms with E-state index in [4.69, 9.17) is 4.74 Å². The zero-order chi connectivity index (χ0) is 15.0. The van der Waals surface area contributed by atoms with Crippen molar-refractivity contribution in [3.05, 3.63) is 30.4 Å². The molecule has 0 bridgehead atoms. The Bertz CT molecular complexity index is 620. The number of rotatable bonds is 4. The molecule has 0 atom stereocenters. The van der Waals surface area contributed by atoms with Gasteiger partial charge in [0.05, 0.1) is 5.69 Å². The highest BCUT2D eigenvalue weighted by Gasteiger charge is 2.30. The van der Waals surface area contributed by atoms with Crippen LogP contribution in [0.4, 0.5) is 11.4 Å². The van der Waals surface area contributed by atoms with Gasteiger partial charge in [-0.25, -0.2) is 0 Å². The van der Waals surface area contributed by atoms with E-state index < -0.39 is 0 Å². The number of hydrogen-bond donors (Lipinski definition) is 1. The lowest BCUT2D eigenvalue weighted by Gasteiger charge is -2.29. The van der Waals surface area contributed by atoms with Crippen molar-refractivity contribution in [3.63, 3.8) is 0 Å². The molecule has 1 N–H and O–H groups in total. The molecule has 110 valence electrons. The van der Waals surface area contributed by atoms with Crippen molar-refractivity contribution >= 4 is 23.2 Å². The molecule has 0 unspecified atom stereocenters. The van der Waals surface area contributed by atoms with E-state index in [1.54, 1.807) is 23.1 Å². The molecule has 1 fully saturated rings. The summed E-state index contributed by atoms with van der Waals surface area (Å²) in [7, 11) is 0. The summed E-state index contributed by atoms with van der Waals surface area (Å²) in [4.78, 5) is 25.4. The molecule has 1 heterocycles. The number of carbonyl (C=O) groups is 2. The maximum Gasteiger partial charge on any atom is 0.265 e. The first kappa shape index (κ1) is 13.7. The summed E-state index contributed by atoms with van der Waals surface area (Å²) in [6, 6.07) is 5.37. The molecule has 0 saturated heterocycles. The molecule has 21 heavy (non-hydrogen) atoms. The standard InChI is InChI=1S/C16H18N2O3/c1-10(2)8-18-13-6-5-12(17-16(20)11-3-4-11)7-14(13)21-9-15(18)19/h5-7,11H,1,3-4,8-9H2,2H3,(H,17,20). The van der Waals surface area contributed by atoms with E-state index in [-0.39, 0.29) is 24.3 Å². The van der Waals surface area contributed by atoms with Crippen LogP contribution in [0.2, 0.25) is 0 Å². The van der Waals surface area contributed by atoms with Crippen molar-refractivity contribution in [2.45, 2.75) is 19.8 Å². The van der Waals surface area contributed by atoms with Crippen LogP contribution >= 0.6 is 0 Å². The minimum atomic E-state index is -0.0831. The first-order chi connectivity index (χ1) is 10.0. The lowest BCUT2D eigenvalue weighted by Crippen LogP contribution is -2.39. The molecule has 0 aromatic heterocycles. The van der Waals surface area contributed by atoms with Crippen molar-refractivity contribution in [1.29, 1.82) is 0 Å². The molecule has 1 aliphatic carbocycles. The van der Waals surface area contributed by atoms with Crippen LogP contribution in [0.5, 0.6) is 5.75 Å². The maximum absolute atomic E-state index is 11.9. The van der Waals surface area contributed by atoms with E-state index >= 15 is 0 Å². The first-order valence-electron chi connectivity index (χ1n) is 7.07. The third-order valence-corrected chi connectivity index (χ3v) is 3.55. The van der Waals surface area contributed by atoms with Gasteiger partial charge in [0.2, 0.25) is 5.91 Å². The Balaban J connectivity index is 1.82. The molecule has 1 aliphatic heterocycles. The largest absolute Gasteiger partial charge is 0.481 e. The monoisotopic (exact) mass is 286 g/mol. The van der Waals surface area contributed by atoms with Crippen LogP contribution in [0.25, 0.3) is 0 Å². The predicted molar refractivity (Wildman–Crippen MR) is 80.5 cm³/mol. The minimum absolute atomic E-state index is 0.0142. The zero-order valence-corrected chi connectivity index (χ0v) is 12.0. The normalized spacial score (nSPS) is 17.0. The molecular weight excluding hydrogens is 268 g/mol. The zero-order valence-electron chi connectivity index (χ0n) is 12.0. The molecule has 2 amide bonds. The smallest absolute Gasteiger partial charge is 0.265 e. The summed E-state index contributed by atoms with van der Waals surface area (Å²) in [6.45, 7) is 6.22. The lowest BCUT2D eigenvalue weighted by atomic mass is 10.2. The molecule has 0 radical (unpaired) electrons. The average Bonchev–Trinajstić information content (AvgIpc) is 3.26. The summed E-state index contributed by atoms with van der Waals surface area (Å²) in [6.07, 6.45) is 1.93. The molecule has 2 aliphatic rings. The Morgan fingerprint density at radius 2 is 2.24 bits per heavy atom. The Labute approximate surface area is 123 Å². The van der Waals surface area contributed by atoms with Crippen molar-refractivity contribution in [2.75, 3.05) is 23.4 Å². The van der Waals surface area contributed by atoms with E-state index in [1.165, 1.54) is 0 Å². The van der Waals surface area contributed by atoms with Gasteiger partial charge in [0.1, 0.15) is 5.75 Å². The van der Waals surface area contributed by atoms with Crippen LogP contribution in [-0.2, 0) is 9.59 Å². The van der Waals surface area contributed by atoms with Crippen LogP contribution < -0.4 is 15.0 Å². The number of carbonyl (C=O) groups excluding carboxylic acids is 2. The van der Waals surface area contributed by atoms with Gasteiger partial charge in [-0.3, -0.25) is 9.59 Å². The average molecular weight is 286 g/mol. The maximum atomic E-state index is 11.9. The van der Waals surface area contributed by atoms with Gasteiger partial charge in [-0.1, -0.05) is 12.2 Å². The predicted octanol–water partition coefficient (Wildman–Crippen LogP) is 2.34. The van der Waals surface area contributed by atoms with E-state index in [2.05, 4.69) is 11.9 Å². The number of nitrogens with zero attached hydrogens (tertiary/aromatic N) is 1. The molecule has 1 aromatic carbocycles. The van der Waals surface area contributed by atoms with Gasteiger partial charge >= 0.3 is 0 Å². The molecule has 5 nitrogen and oxygen atoms in total. The Kier molecular flexibility index (Phi) is 3.41. The van der Waals surface area contributed by atoms with Gasteiger partial charge < -0.3 is 15.0 Å². The number of nitrogens with one attached hydrogen (secondary N) is 1. The van der Waals surface area contributed by atoms with Crippen LogP contribution in [0.3, 0.4) is 0 Å². The summed E-state index contributed by atoms with van der Waals surface area (Å²) in [5.41, 5.74) is 2.33. The van der Waals surface area contributed by atoms with E-state index in [1.807, 2.05) is 6.92 Å². The highest BCUT2D eigenvalue weighted by atomic mass is 16.5. The van der Waals surface area contributed by atoms with Crippen molar-refractivity contribution in [2.24, 2.45) is 5.92 Å². The summed E-state index contributed by atoms with van der Waals surface area (Å²) in [5, 5.41) is 2.88. The number of ether oxygens (including phenoxy) is 1. The van der Waals surface area contributed by atoms with Crippen LogP contribution in [-0.4, -0.2) is 25.0 Å². The van der Waals surface area contributed by atoms with Crippen LogP contribution in [0.15, 0.2) is 30.4 Å².